The van der Waals surface area contributed by atoms with Gasteiger partial charge >= 0.3 is 0 Å². The number of nitrogens with one attached hydrogen (secondary N) is 2. The van der Waals surface area contributed by atoms with E-state index in [0.29, 0.717) is 22.0 Å². The lowest BCUT2D eigenvalue weighted by Crippen LogP contribution is -2.29. The van der Waals surface area contributed by atoms with Crippen molar-refractivity contribution in [2.75, 3.05) is 51.9 Å². The van der Waals surface area contributed by atoms with Gasteiger partial charge in [0.15, 0.2) is 0 Å². The van der Waals surface area contributed by atoms with Crippen molar-refractivity contribution in [3.63, 3.8) is 0 Å². The molecule has 1 heterocycles. The molecule has 0 spiro atoms. The SMILES string of the molecule is Cc1cc(NCCCN(C)C)nc(N=C(Nc2ccc(Cl)c(Cl)c2)N(C)C)n1. The number of guanidine groups is 1. The van der Waals surface area contributed by atoms with Gasteiger partial charge in [0, 0.05) is 38.1 Å². The van der Waals surface area contributed by atoms with Crippen LogP contribution in [0.5, 0.6) is 0 Å². The van der Waals surface area contributed by atoms with E-state index in [1.165, 1.54) is 0 Å². The summed E-state index contributed by atoms with van der Waals surface area (Å²) in [5, 5.41) is 7.53. The highest BCUT2D eigenvalue weighted by Crippen LogP contribution is 2.25. The molecule has 0 amide bonds. The first-order valence-electron chi connectivity index (χ1n) is 8.97. The molecular weight excluding hydrogens is 397 g/mol. The number of aliphatic imine (C=N–C) groups is 1. The number of benzene rings is 1. The summed E-state index contributed by atoms with van der Waals surface area (Å²) in [4.78, 5) is 17.5. The number of halogens is 2. The lowest BCUT2D eigenvalue weighted by molar-refractivity contribution is 0.405. The summed E-state index contributed by atoms with van der Waals surface area (Å²) in [5.41, 5.74) is 1.62. The number of aromatic nitrogens is 2. The van der Waals surface area contributed by atoms with Crippen LogP contribution in [0.3, 0.4) is 0 Å². The van der Waals surface area contributed by atoms with E-state index in [1.54, 1.807) is 12.1 Å². The van der Waals surface area contributed by atoms with Crippen molar-refractivity contribution in [3.8, 4) is 0 Å². The first kappa shape index (κ1) is 22.2. The van der Waals surface area contributed by atoms with Gasteiger partial charge < -0.3 is 20.4 Å². The minimum absolute atomic E-state index is 0.381. The van der Waals surface area contributed by atoms with Crippen molar-refractivity contribution >= 4 is 46.6 Å². The van der Waals surface area contributed by atoms with Crippen molar-refractivity contribution in [1.29, 1.82) is 0 Å². The van der Waals surface area contributed by atoms with Gasteiger partial charge in [0.1, 0.15) is 5.82 Å². The maximum absolute atomic E-state index is 6.10. The molecule has 0 bridgehead atoms. The highest BCUT2D eigenvalue weighted by Gasteiger charge is 2.08. The third-order valence-corrected chi connectivity index (χ3v) is 4.47. The Labute approximate surface area is 176 Å². The highest BCUT2D eigenvalue weighted by atomic mass is 35.5. The number of nitrogens with zero attached hydrogens (tertiary/aromatic N) is 5. The van der Waals surface area contributed by atoms with Crippen molar-refractivity contribution in [2.24, 2.45) is 4.99 Å². The van der Waals surface area contributed by atoms with Crippen LogP contribution in [0.15, 0.2) is 29.3 Å². The Balaban J connectivity index is 2.17. The Bertz CT molecular complexity index is 822. The van der Waals surface area contributed by atoms with Crippen LogP contribution in [0, 0.1) is 6.92 Å². The molecule has 0 saturated heterocycles. The monoisotopic (exact) mass is 423 g/mol. The lowest BCUT2D eigenvalue weighted by atomic mass is 10.3. The van der Waals surface area contributed by atoms with Gasteiger partial charge in [0.2, 0.25) is 5.96 Å². The molecule has 0 saturated carbocycles. The molecule has 0 atom stereocenters. The summed E-state index contributed by atoms with van der Waals surface area (Å²) >= 11 is 12.1. The number of anilines is 2. The summed E-state index contributed by atoms with van der Waals surface area (Å²) < 4.78 is 0. The zero-order valence-corrected chi connectivity index (χ0v) is 18.4. The largest absolute Gasteiger partial charge is 0.370 e. The zero-order chi connectivity index (χ0) is 20.7. The standard InChI is InChI=1S/C19H27Cl2N7/c1-13-11-17(22-9-6-10-27(2)3)25-18(23-13)26-19(28(4)5)24-14-7-8-15(20)16(21)12-14/h7-8,11-12H,6,9-10H2,1-5H3,(H2,22,23,24,25,26). The van der Waals surface area contributed by atoms with Gasteiger partial charge in [-0.3, -0.25) is 0 Å². The second-order valence-corrected chi connectivity index (χ2v) is 7.68. The normalized spacial score (nSPS) is 11.6. The first-order valence-corrected chi connectivity index (χ1v) is 9.72. The van der Waals surface area contributed by atoms with Crippen LogP contribution in [0.1, 0.15) is 12.1 Å². The topological polar surface area (TPSA) is 68.7 Å². The van der Waals surface area contributed by atoms with Crippen LogP contribution in [-0.2, 0) is 0 Å². The van der Waals surface area contributed by atoms with Crippen LogP contribution < -0.4 is 10.6 Å². The Morgan fingerprint density at radius 2 is 1.82 bits per heavy atom. The van der Waals surface area contributed by atoms with Gasteiger partial charge in [0.25, 0.3) is 5.95 Å². The molecule has 2 rings (SSSR count). The van der Waals surface area contributed by atoms with Crippen molar-refractivity contribution in [1.82, 2.24) is 19.8 Å². The quantitative estimate of drug-likeness (QED) is 0.396. The van der Waals surface area contributed by atoms with Crippen molar-refractivity contribution in [2.45, 2.75) is 13.3 Å². The summed E-state index contributed by atoms with van der Waals surface area (Å²) in [5.74, 6) is 1.73. The number of rotatable bonds is 7. The van der Waals surface area contributed by atoms with Gasteiger partial charge in [-0.05, 0) is 52.2 Å². The lowest BCUT2D eigenvalue weighted by Gasteiger charge is -2.17. The predicted octanol–water partition coefficient (Wildman–Crippen LogP) is 4.12. The van der Waals surface area contributed by atoms with Crippen molar-refractivity contribution in [3.05, 3.63) is 40.0 Å². The molecule has 0 aliphatic heterocycles. The molecule has 9 heteroatoms. The summed E-state index contributed by atoms with van der Waals surface area (Å²) in [6.07, 6.45) is 1.02. The number of hydrogen-bond donors (Lipinski definition) is 2. The van der Waals surface area contributed by atoms with Gasteiger partial charge in [0.05, 0.1) is 10.0 Å². The van der Waals surface area contributed by atoms with E-state index in [4.69, 9.17) is 23.2 Å². The molecule has 1 aromatic heterocycles. The third kappa shape index (κ3) is 7.14. The van der Waals surface area contributed by atoms with E-state index in [2.05, 4.69) is 44.6 Å². The highest BCUT2D eigenvalue weighted by molar-refractivity contribution is 6.42. The maximum Gasteiger partial charge on any atom is 0.254 e. The van der Waals surface area contributed by atoms with Gasteiger partial charge in [-0.1, -0.05) is 23.2 Å². The maximum atomic E-state index is 6.10. The fourth-order valence-corrected chi connectivity index (χ4v) is 2.64. The number of aryl methyl sites for hydroxylation is 1. The molecule has 0 aliphatic carbocycles. The fraction of sp³-hybridized carbons (Fsp3) is 0.421. The average molecular weight is 424 g/mol. The molecule has 7 nitrogen and oxygen atoms in total. The Hall–Kier alpha value is -2.09. The smallest absolute Gasteiger partial charge is 0.254 e. The Kier molecular flexibility index (Phi) is 8.29. The van der Waals surface area contributed by atoms with Gasteiger partial charge in [-0.25, -0.2) is 4.98 Å². The molecule has 2 N–H and O–H groups in total. The van der Waals surface area contributed by atoms with E-state index in [9.17, 15) is 0 Å². The van der Waals surface area contributed by atoms with E-state index < -0.39 is 0 Å². The van der Waals surface area contributed by atoms with E-state index in [-0.39, 0.29) is 0 Å². The fourth-order valence-electron chi connectivity index (χ4n) is 2.34. The van der Waals surface area contributed by atoms with Crippen molar-refractivity contribution < 1.29 is 0 Å². The van der Waals surface area contributed by atoms with Gasteiger partial charge in [-0.15, -0.1) is 0 Å². The molecule has 28 heavy (non-hydrogen) atoms. The predicted molar refractivity (Wildman–Crippen MR) is 119 cm³/mol. The zero-order valence-electron chi connectivity index (χ0n) is 16.9. The van der Waals surface area contributed by atoms with Crippen LogP contribution in [0.25, 0.3) is 0 Å². The third-order valence-electron chi connectivity index (χ3n) is 3.74. The Morgan fingerprint density at radius 1 is 1.07 bits per heavy atom. The minimum Gasteiger partial charge on any atom is -0.370 e. The molecule has 0 unspecified atom stereocenters. The van der Waals surface area contributed by atoms with Crippen LogP contribution in [-0.4, -0.2) is 67.0 Å². The summed E-state index contributed by atoms with van der Waals surface area (Å²) in [6.45, 7) is 3.77. The molecule has 2 aromatic rings. The minimum atomic E-state index is 0.381. The average Bonchev–Trinajstić information content (AvgIpc) is 2.60. The molecule has 152 valence electrons. The van der Waals surface area contributed by atoms with Crippen LogP contribution >= 0.6 is 23.2 Å². The Morgan fingerprint density at radius 3 is 2.46 bits per heavy atom. The van der Waals surface area contributed by atoms with Gasteiger partial charge in [-0.2, -0.15) is 9.98 Å². The second-order valence-electron chi connectivity index (χ2n) is 6.86. The molecular formula is C19H27Cl2N7. The second kappa shape index (κ2) is 10.5. The summed E-state index contributed by atoms with van der Waals surface area (Å²) in [7, 11) is 7.90. The van der Waals surface area contributed by atoms with Crippen LogP contribution in [0.4, 0.5) is 17.5 Å². The number of hydrogen-bond acceptors (Lipinski definition) is 5. The van der Waals surface area contributed by atoms with E-state index in [0.717, 1.165) is 36.7 Å². The molecule has 0 radical (unpaired) electrons. The molecule has 0 aliphatic rings. The van der Waals surface area contributed by atoms with E-state index in [1.807, 2.05) is 38.1 Å². The van der Waals surface area contributed by atoms with Crippen LogP contribution in [0.2, 0.25) is 10.0 Å². The molecule has 1 aromatic carbocycles. The first-order chi connectivity index (χ1) is 13.2. The molecule has 0 fully saturated rings. The summed E-state index contributed by atoms with van der Waals surface area (Å²) in [6, 6.07) is 7.23. The van der Waals surface area contributed by atoms with E-state index >= 15 is 0 Å².